The Bertz CT molecular complexity index is 829. The molecule has 3 aromatic rings. The fourth-order valence-corrected chi connectivity index (χ4v) is 2.95. The molecule has 0 fully saturated rings. The number of allylic oxidation sites excluding steroid dienone is 1. The zero-order valence-electron chi connectivity index (χ0n) is 10.4. The number of hydrogen-bond acceptors (Lipinski definition) is 3. The predicted molar refractivity (Wildman–Crippen MR) is 84.6 cm³/mol. The van der Waals surface area contributed by atoms with E-state index in [2.05, 4.69) is 11.1 Å². The van der Waals surface area contributed by atoms with Gasteiger partial charge in [0.2, 0.25) is 0 Å². The van der Waals surface area contributed by atoms with E-state index in [4.69, 9.17) is 11.6 Å². The molecule has 20 heavy (non-hydrogen) atoms. The van der Waals surface area contributed by atoms with Crippen LogP contribution in [0, 0.1) is 11.3 Å². The molecule has 0 aliphatic rings. The van der Waals surface area contributed by atoms with Crippen LogP contribution in [0.4, 0.5) is 0 Å². The van der Waals surface area contributed by atoms with E-state index < -0.39 is 0 Å². The molecule has 4 heteroatoms. The molecule has 0 atom stereocenters. The van der Waals surface area contributed by atoms with Gasteiger partial charge in [-0.05, 0) is 29.8 Å². The second kappa shape index (κ2) is 5.46. The number of benzene rings is 2. The van der Waals surface area contributed by atoms with E-state index >= 15 is 0 Å². The number of fused-ring (bicyclic) bond motifs is 1. The van der Waals surface area contributed by atoms with E-state index in [-0.39, 0.29) is 0 Å². The minimum atomic E-state index is 0.563. The SMILES string of the molecule is N#C/C(=C\c1ccccc1)c1nc2cc(Cl)ccc2s1. The summed E-state index contributed by atoms with van der Waals surface area (Å²) in [5, 5.41) is 10.7. The molecule has 0 saturated carbocycles. The van der Waals surface area contributed by atoms with Gasteiger partial charge in [0, 0.05) is 5.02 Å². The summed E-state index contributed by atoms with van der Waals surface area (Å²) in [7, 11) is 0. The van der Waals surface area contributed by atoms with Crippen LogP contribution in [0.3, 0.4) is 0 Å². The van der Waals surface area contributed by atoms with Crippen molar-refractivity contribution < 1.29 is 0 Å². The Morgan fingerprint density at radius 3 is 2.75 bits per heavy atom. The lowest BCUT2D eigenvalue weighted by Gasteiger charge is -1.94. The van der Waals surface area contributed by atoms with Gasteiger partial charge in [-0.1, -0.05) is 41.9 Å². The molecule has 0 spiro atoms. The van der Waals surface area contributed by atoms with Crippen molar-refractivity contribution in [3.63, 3.8) is 0 Å². The third kappa shape index (κ3) is 2.57. The first-order valence-corrected chi connectivity index (χ1v) is 7.19. The summed E-state index contributed by atoms with van der Waals surface area (Å²) < 4.78 is 1.03. The van der Waals surface area contributed by atoms with Crippen LogP contribution in [-0.4, -0.2) is 4.98 Å². The van der Waals surface area contributed by atoms with Gasteiger partial charge in [-0.15, -0.1) is 11.3 Å². The van der Waals surface area contributed by atoms with Crippen LogP contribution in [0.2, 0.25) is 5.02 Å². The first-order valence-electron chi connectivity index (χ1n) is 5.99. The summed E-state index contributed by atoms with van der Waals surface area (Å²) in [6.07, 6.45) is 1.85. The smallest absolute Gasteiger partial charge is 0.135 e. The molecule has 0 aliphatic heterocycles. The average Bonchev–Trinajstić information content (AvgIpc) is 2.88. The summed E-state index contributed by atoms with van der Waals surface area (Å²) in [6.45, 7) is 0. The highest BCUT2D eigenvalue weighted by Gasteiger charge is 2.09. The van der Waals surface area contributed by atoms with Crippen molar-refractivity contribution in [2.45, 2.75) is 0 Å². The summed E-state index contributed by atoms with van der Waals surface area (Å²) in [6, 6.07) is 17.5. The maximum Gasteiger partial charge on any atom is 0.135 e. The molecule has 2 aromatic carbocycles. The Hall–Kier alpha value is -2.15. The molecule has 0 unspecified atom stereocenters. The van der Waals surface area contributed by atoms with Crippen molar-refractivity contribution in [1.29, 1.82) is 5.26 Å². The number of aromatic nitrogens is 1. The van der Waals surface area contributed by atoms with E-state index in [1.54, 1.807) is 0 Å². The van der Waals surface area contributed by atoms with Crippen molar-refractivity contribution in [2.24, 2.45) is 0 Å². The quantitative estimate of drug-likeness (QED) is 0.623. The lowest BCUT2D eigenvalue weighted by molar-refractivity contribution is 1.43. The lowest BCUT2D eigenvalue weighted by Crippen LogP contribution is -1.80. The molecule has 0 amide bonds. The van der Waals surface area contributed by atoms with Crippen LogP contribution in [0.1, 0.15) is 10.6 Å². The normalized spacial score (nSPS) is 11.5. The second-order valence-electron chi connectivity index (χ2n) is 4.21. The van der Waals surface area contributed by atoms with Gasteiger partial charge >= 0.3 is 0 Å². The number of nitriles is 1. The zero-order chi connectivity index (χ0) is 13.9. The fourth-order valence-electron chi connectivity index (χ4n) is 1.87. The Morgan fingerprint density at radius 2 is 2.00 bits per heavy atom. The molecule has 3 rings (SSSR count). The van der Waals surface area contributed by atoms with Crippen LogP contribution in [-0.2, 0) is 0 Å². The molecular weight excluding hydrogens is 288 g/mol. The summed E-state index contributed by atoms with van der Waals surface area (Å²) in [5.74, 6) is 0. The Kier molecular flexibility index (Phi) is 3.51. The number of halogens is 1. The first-order chi connectivity index (χ1) is 9.76. The summed E-state index contributed by atoms with van der Waals surface area (Å²) in [4.78, 5) is 4.48. The van der Waals surface area contributed by atoms with Gasteiger partial charge in [0.25, 0.3) is 0 Å². The van der Waals surface area contributed by atoms with E-state index in [9.17, 15) is 5.26 Å². The molecule has 1 aromatic heterocycles. The molecule has 0 radical (unpaired) electrons. The molecule has 0 bridgehead atoms. The number of rotatable bonds is 2. The number of thiazole rings is 1. The van der Waals surface area contributed by atoms with Crippen LogP contribution in [0.15, 0.2) is 48.5 Å². The summed E-state index contributed by atoms with van der Waals surface area (Å²) >= 11 is 7.45. The fraction of sp³-hybridized carbons (Fsp3) is 0. The molecule has 2 nitrogen and oxygen atoms in total. The van der Waals surface area contributed by atoms with Crippen LogP contribution in [0.5, 0.6) is 0 Å². The van der Waals surface area contributed by atoms with Gasteiger partial charge in [-0.2, -0.15) is 5.26 Å². The van der Waals surface area contributed by atoms with Crippen molar-refractivity contribution in [3.8, 4) is 6.07 Å². The Labute approximate surface area is 125 Å². The van der Waals surface area contributed by atoms with Crippen molar-refractivity contribution in [1.82, 2.24) is 4.98 Å². The maximum atomic E-state index is 9.34. The highest BCUT2D eigenvalue weighted by molar-refractivity contribution is 7.19. The average molecular weight is 297 g/mol. The van der Waals surface area contributed by atoms with Gasteiger partial charge < -0.3 is 0 Å². The summed E-state index contributed by atoms with van der Waals surface area (Å²) in [5.41, 5.74) is 2.38. The molecular formula is C16H9ClN2S. The third-order valence-electron chi connectivity index (χ3n) is 2.81. The molecule has 0 N–H and O–H groups in total. The monoisotopic (exact) mass is 296 g/mol. The van der Waals surface area contributed by atoms with Crippen LogP contribution >= 0.6 is 22.9 Å². The largest absolute Gasteiger partial charge is 0.235 e. The van der Waals surface area contributed by atoms with Gasteiger partial charge in [-0.3, -0.25) is 0 Å². The minimum Gasteiger partial charge on any atom is -0.235 e. The van der Waals surface area contributed by atoms with E-state index in [1.165, 1.54) is 11.3 Å². The second-order valence-corrected chi connectivity index (χ2v) is 5.68. The minimum absolute atomic E-state index is 0.563. The molecule has 0 saturated heterocycles. The first kappa shape index (κ1) is 12.9. The zero-order valence-corrected chi connectivity index (χ0v) is 11.9. The third-order valence-corrected chi connectivity index (χ3v) is 4.12. The lowest BCUT2D eigenvalue weighted by atomic mass is 10.1. The van der Waals surface area contributed by atoms with Crippen molar-refractivity contribution in [3.05, 3.63) is 64.1 Å². The maximum absolute atomic E-state index is 9.34. The number of hydrogen-bond donors (Lipinski definition) is 0. The van der Waals surface area contributed by atoms with Gasteiger partial charge in [0.1, 0.15) is 11.1 Å². The van der Waals surface area contributed by atoms with Gasteiger partial charge in [0.15, 0.2) is 0 Å². The van der Waals surface area contributed by atoms with Gasteiger partial charge in [0.05, 0.1) is 15.8 Å². The van der Waals surface area contributed by atoms with E-state index in [1.807, 2.05) is 54.6 Å². The predicted octanol–water partition coefficient (Wildman–Crippen LogP) is 5.01. The molecule has 0 aliphatic carbocycles. The van der Waals surface area contributed by atoms with Gasteiger partial charge in [-0.25, -0.2) is 4.98 Å². The molecule has 96 valence electrons. The standard InChI is InChI=1S/C16H9ClN2S/c17-13-6-7-15-14(9-13)19-16(20-15)12(10-18)8-11-4-2-1-3-5-11/h1-9H/b12-8+. The highest BCUT2D eigenvalue weighted by atomic mass is 35.5. The van der Waals surface area contributed by atoms with Crippen LogP contribution < -0.4 is 0 Å². The van der Waals surface area contributed by atoms with E-state index in [0.717, 1.165) is 15.8 Å². The van der Waals surface area contributed by atoms with E-state index in [0.29, 0.717) is 15.6 Å². The van der Waals surface area contributed by atoms with Crippen molar-refractivity contribution >= 4 is 44.8 Å². The Balaban J connectivity index is 2.08. The van der Waals surface area contributed by atoms with Crippen LogP contribution in [0.25, 0.3) is 21.9 Å². The van der Waals surface area contributed by atoms with Crippen molar-refractivity contribution in [2.75, 3.05) is 0 Å². The number of nitrogens with zero attached hydrogens (tertiary/aromatic N) is 2. The molecule has 1 heterocycles. The topological polar surface area (TPSA) is 36.7 Å². The Morgan fingerprint density at radius 1 is 1.20 bits per heavy atom. The highest BCUT2D eigenvalue weighted by Crippen LogP contribution is 2.29.